The quantitative estimate of drug-likeness (QED) is 0.530. The van der Waals surface area contributed by atoms with E-state index in [4.69, 9.17) is 4.74 Å². The first kappa shape index (κ1) is 21.2. The topological polar surface area (TPSA) is 58.6 Å². The third-order valence-corrected chi connectivity index (χ3v) is 5.99. The summed E-state index contributed by atoms with van der Waals surface area (Å²) in [6.45, 7) is 5.68. The van der Waals surface area contributed by atoms with E-state index in [-0.39, 0.29) is 17.8 Å². The van der Waals surface area contributed by atoms with Gasteiger partial charge in [-0.3, -0.25) is 4.79 Å². The molecule has 1 saturated heterocycles. The van der Waals surface area contributed by atoms with Gasteiger partial charge in [0.05, 0.1) is 5.56 Å². The van der Waals surface area contributed by atoms with Crippen LogP contribution in [-0.2, 0) is 0 Å². The van der Waals surface area contributed by atoms with Gasteiger partial charge in [0.25, 0.3) is 5.91 Å². The van der Waals surface area contributed by atoms with Crippen LogP contribution in [0.25, 0.3) is 0 Å². The van der Waals surface area contributed by atoms with E-state index in [1.807, 2.05) is 36.1 Å². The van der Waals surface area contributed by atoms with E-state index < -0.39 is 0 Å². The maximum absolute atomic E-state index is 13.3. The zero-order chi connectivity index (χ0) is 22.0. The highest BCUT2D eigenvalue weighted by atomic mass is 79.9. The van der Waals surface area contributed by atoms with Crippen molar-refractivity contribution in [3.63, 3.8) is 0 Å². The average molecular weight is 485 g/mol. The Balaban J connectivity index is 1.46. The summed E-state index contributed by atoms with van der Waals surface area (Å²) in [6, 6.07) is 13.6. The van der Waals surface area contributed by atoms with E-state index in [1.54, 1.807) is 19.1 Å². The minimum atomic E-state index is -0.308. The summed E-state index contributed by atoms with van der Waals surface area (Å²) in [7, 11) is 0. The lowest BCUT2D eigenvalue weighted by Gasteiger charge is -2.40. The summed E-state index contributed by atoms with van der Waals surface area (Å²) in [5.41, 5.74) is 1.35. The van der Waals surface area contributed by atoms with Crippen LogP contribution in [0, 0.1) is 12.7 Å². The number of ether oxygens (including phenoxy) is 1. The van der Waals surface area contributed by atoms with E-state index in [9.17, 15) is 9.18 Å². The first-order valence-electron chi connectivity index (χ1n) is 9.99. The minimum Gasteiger partial charge on any atom is -0.439 e. The van der Waals surface area contributed by atoms with E-state index >= 15 is 0 Å². The molecule has 6 nitrogen and oxygen atoms in total. The molecule has 2 heterocycles. The second-order valence-corrected chi connectivity index (χ2v) is 8.35. The number of amides is 1. The monoisotopic (exact) mass is 484 g/mol. The maximum Gasteiger partial charge on any atom is 0.255 e. The van der Waals surface area contributed by atoms with Crippen LogP contribution < -0.4 is 9.64 Å². The molecule has 4 rings (SSSR count). The van der Waals surface area contributed by atoms with Crippen LogP contribution in [0.5, 0.6) is 11.6 Å². The number of hydrogen-bond donors (Lipinski definition) is 0. The fraction of sp³-hybridized carbons (Fsp3) is 0.261. The van der Waals surface area contributed by atoms with Crippen molar-refractivity contribution in [3.8, 4) is 11.6 Å². The van der Waals surface area contributed by atoms with Crippen molar-refractivity contribution < 1.29 is 13.9 Å². The Hall–Kier alpha value is -3.00. The van der Waals surface area contributed by atoms with Crippen molar-refractivity contribution in [2.24, 2.45) is 0 Å². The highest BCUT2D eigenvalue weighted by Crippen LogP contribution is 2.27. The molecule has 0 spiro atoms. The molecule has 160 valence electrons. The van der Waals surface area contributed by atoms with Gasteiger partial charge in [-0.15, -0.1) is 0 Å². The normalized spacial score (nSPS) is 16.3. The molecule has 0 bridgehead atoms. The number of nitrogens with zero attached hydrogens (tertiary/aromatic N) is 4. The van der Waals surface area contributed by atoms with Crippen LogP contribution in [0.15, 0.2) is 59.3 Å². The molecule has 31 heavy (non-hydrogen) atoms. The molecule has 1 unspecified atom stereocenters. The molecule has 1 atom stereocenters. The van der Waals surface area contributed by atoms with Gasteiger partial charge >= 0.3 is 0 Å². The first-order chi connectivity index (χ1) is 14.9. The number of benzene rings is 2. The Morgan fingerprint density at radius 1 is 1.16 bits per heavy atom. The van der Waals surface area contributed by atoms with Gasteiger partial charge in [-0.05, 0) is 65.7 Å². The zero-order valence-corrected chi connectivity index (χ0v) is 18.8. The standard InChI is InChI=1S/C23H22BrFN4O2/c1-15-11-17(25)7-8-20(15)31-22-12-21(26-14-27-22)28-9-10-29(16(2)13-28)23(30)18-5-3-4-6-19(18)24/h3-8,11-12,14,16H,9-10,13H2,1-2H3. The minimum absolute atomic E-state index is 0.00651. The Bertz CT molecular complexity index is 1110. The van der Waals surface area contributed by atoms with Crippen LogP contribution in [0.3, 0.4) is 0 Å². The second kappa shape index (κ2) is 9.01. The van der Waals surface area contributed by atoms with Crippen molar-refractivity contribution in [2.75, 3.05) is 24.5 Å². The van der Waals surface area contributed by atoms with Gasteiger partial charge in [0.15, 0.2) is 0 Å². The third kappa shape index (κ3) is 4.69. The highest BCUT2D eigenvalue weighted by molar-refractivity contribution is 9.10. The Morgan fingerprint density at radius 3 is 2.71 bits per heavy atom. The number of piperazine rings is 1. The number of aromatic nitrogens is 2. The van der Waals surface area contributed by atoms with Crippen LogP contribution in [0.1, 0.15) is 22.8 Å². The maximum atomic E-state index is 13.3. The van der Waals surface area contributed by atoms with Gasteiger partial charge in [0, 0.05) is 36.2 Å². The number of carbonyl (C=O) groups is 1. The molecule has 0 N–H and O–H groups in total. The van der Waals surface area contributed by atoms with Crippen molar-refractivity contribution in [3.05, 3.63) is 76.3 Å². The molecule has 1 aromatic heterocycles. The van der Waals surface area contributed by atoms with Crippen molar-refractivity contribution in [1.29, 1.82) is 0 Å². The molecule has 1 amide bonds. The highest BCUT2D eigenvalue weighted by Gasteiger charge is 2.29. The van der Waals surface area contributed by atoms with Gasteiger partial charge < -0.3 is 14.5 Å². The van der Waals surface area contributed by atoms with Gasteiger partial charge in [0.1, 0.15) is 23.7 Å². The van der Waals surface area contributed by atoms with Crippen molar-refractivity contribution >= 4 is 27.7 Å². The van der Waals surface area contributed by atoms with Crippen LogP contribution in [0.4, 0.5) is 10.2 Å². The third-order valence-electron chi connectivity index (χ3n) is 5.30. The second-order valence-electron chi connectivity index (χ2n) is 7.50. The lowest BCUT2D eigenvalue weighted by atomic mass is 10.1. The molecular formula is C23H22BrFN4O2. The van der Waals surface area contributed by atoms with E-state index in [2.05, 4.69) is 30.8 Å². The average Bonchev–Trinajstić information content (AvgIpc) is 2.76. The molecule has 1 fully saturated rings. The molecule has 3 aromatic rings. The summed E-state index contributed by atoms with van der Waals surface area (Å²) >= 11 is 3.47. The fourth-order valence-corrected chi connectivity index (χ4v) is 4.11. The smallest absolute Gasteiger partial charge is 0.255 e. The Labute approximate surface area is 188 Å². The summed E-state index contributed by atoms with van der Waals surface area (Å²) in [6.07, 6.45) is 1.45. The Kier molecular flexibility index (Phi) is 6.18. The van der Waals surface area contributed by atoms with Crippen LogP contribution in [0.2, 0.25) is 0 Å². The zero-order valence-electron chi connectivity index (χ0n) is 17.3. The number of aryl methyl sites for hydroxylation is 1. The van der Waals surface area contributed by atoms with Crippen molar-refractivity contribution in [1.82, 2.24) is 14.9 Å². The molecular weight excluding hydrogens is 463 g/mol. The molecule has 2 aromatic carbocycles. The number of rotatable bonds is 4. The summed E-state index contributed by atoms with van der Waals surface area (Å²) < 4.78 is 20.0. The molecule has 8 heteroatoms. The lowest BCUT2D eigenvalue weighted by Crippen LogP contribution is -2.54. The predicted molar refractivity (Wildman–Crippen MR) is 120 cm³/mol. The summed E-state index contributed by atoms with van der Waals surface area (Å²) in [5, 5.41) is 0. The molecule has 0 aliphatic carbocycles. The predicted octanol–water partition coefficient (Wildman–Crippen LogP) is 4.83. The molecule has 0 saturated carbocycles. The summed E-state index contributed by atoms with van der Waals surface area (Å²) in [5.74, 6) is 1.36. The summed E-state index contributed by atoms with van der Waals surface area (Å²) in [4.78, 5) is 25.6. The number of hydrogen-bond acceptors (Lipinski definition) is 5. The number of halogens is 2. The molecule has 1 aliphatic heterocycles. The molecule has 1 aliphatic rings. The van der Waals surface area contributed by atoms with Gasteiger partial charge in [-0.25, -0.2) is 14.4 Å². The van der Waals surface area contributed by atoms with Gasteiger partial charge in [-0.1, -0.05) is 12.1 Å². The molecule has 0 radical (unpaired) electrons. The van der Waals surface area contributed by atoms with Crippen molar-refractivity contribution in [2.45, 2.75) is 19.9 Å². The number of carbonyl (C=O) groups excluding carboxylic acids is 1. The van der Waals surface area contributed by atoms with Gasteiger partial charge in [-0.2, -0.15) is 0 Å². The first-order valence-corrected chi connectivity index (χ1v) is 10.8. The SMILES string of the molecule is Cc1cc(F)ccc1Oc1cc(N2CCN(C(=O)c3ccccc3Br)C(C)C2)ncn1. The van der Waals surface area contributed by atoms with Crippen LogP contribution in [-0.4, -0.2) is 46.5 Å². The lowest BCUT2D eigenvalue weighted by molar-refractivity contribution is 0.0672. The largest absolute Gasteiger partial charge is 0.439 e. The van der Waals surface area contributed by atoms with Crippen LogP contribution >= 0.6 is 15.9 Å². The van der Waals surface area contributed by atoms with E-state index in [0.29, 0.717) is 42.4 Å². The fourth-order valence-electron chi connectivity index (χ4n) is 3.66. The van der Waals surface area contributed by atoms with E-state index in [0.717, 1.165) is 10.3 Å². The van der Waals surface area contributed by atoms with E-state index in [1.165, 1.54) is 18.5 Å². The van der Waals surface area contributed by atoms with Gasteiger partial charge in [0.2, 0.25) is 5.88 Å². The Morgan fingerprint density at radius 2 is 1.97 bits per heavy atom. The number of anilines is 1.